The van der Waals surface area contributed by atoms with E-state index in [1.807, 2.05) is 6.07 Å². The molecule has 1 amide bonds. The molecule has 4 nitrogen and oxygen atoms in total. The molecule has 0 aliphatic rings. The van der Waals surface area contributed by atoms with Gasteiger partial charge in [-0.2, -0.15) is 5.10 Å². The molecule has 0 fully saturated rings. The Bertz CT molecular complexity index is 575. The number of hydrogen-bond donors (Lipinski definition) is 1. The predicted molar refractivity (Wildman–Crippen MR) is 70.4 cm³/mol. The van der Waals surface area contributed by atoms with Gasteiger partial charge in [0.15, 0.2) is 0 Å². The van der Waals surface area contributed by atoms with Crippen molar-refractivity contribution >= 4 is 5.91 Å². The molecule has 1 aromatic heterocycles. The second-order valence-electron chi connectivity index (χ2n) is 3.97. The predicted octanol–water partition coefficient (Wildman–Crippen LogP) is 1.86. The fourth-order valence-electron chi connectivity index (χ4n) is 1.62. The zero-order chi connectivity index (χ0) is 13.7. The van der Waals surface area contributed by atoms with Gasteiger partial charge in [-0.3, -0.25) is 4.79 Å². The smallest absolute Gasteiger partial charge is 0.243 e. The maximum atomic E-state index is 12.8. The van der Waals surface area contributed by atoms with Crippen LogP contribution in [0.2, 0.25) is 0 Å². The molecule has 0 saturated heterocycles. The minimum Gasteiger partial charge on any atom is -0.352 e. The molecule has 19 heavy (non-hydrogen) atoms. The first-order valence-electron chi connectivity index (χ1n) is 5.90. The molecule has 1 heterocycles. The van der Waals surface area contributed by atoms with Crippen molar-refractivity contribution in [2.75, 3.05) is 6.54 Å². The van der Waals surface area contributed by atoms with Crippen LogP contribution in [0.1, 0.15) is 5.69 Å². The van der Waals surface area contributed by atoms with Crippen LogP contribution in [-0.2, 0) is 11.2 Å². The zero-order valence-corrected chi connectivity index (χ0v) is 10.3. The third kappa shape index (κ3) is 3.51. The van der Waals surface area contributed by atoms with E-state index in [-0.39, 0.29) is 11.7 Å². The van der Waals surface area contributed by atoms with Crippen molar-refractivity contribution in [2.24, 2.45) is 0 Å². The summed E-state index contributed by atoms with van der Waals surface area (Å²) in [6.45, 7) is 3.88. The Labute approximate surface area is 110 Å². The molecule has 0 atom stereocenters. The average molecular weight is 259 g/mol. The quantitative estimate of drug-likeness (QED) is 0.833. The van der Waals surface area contributed by atoms with E-state index >= 15 is 0 Å². The van der Waals surface area contributed by atoms with E-state index in [1.165, 1.54) is 18.2 Å². The lowest BCUT2D eigenvalue weighted by molar-refractivity contribution is -0.116. The van der Waals surface area contributed by atoms with Crippen molar-refractivity contribution in [3.05, 3.63) is 60.7 Å². The summed E-state index contributed by atoms with van der Waals surface area (Å²) >= 11 is 0. The van der Waals surface area contributed by atoms with Gasteiger partial charge < -0.3 is 5.32 Å². The number of hydrogen-bond acceptors (Lipinski definition) is 2. The summed E-state index contributed by atoms with van der Waals surface area (Å²) < 4.78 is 14.5. The second-order valence-corrected chi connectivity index (χ2v) is 3.97. The van der Waals surface area contributed by atoms with Gasteiger partial charge in [0.2, 0.25) is 5.91 Å². The van der Waals surface area contributed by atoms with Gasteiger partial charge in [0.05, 0.1) is 11.4 Å². The molecule has 1 N–H and O–H groups in total. The molecule has 0 spiro atoms. The van der Waals surface area contributed by atoms with Gasteiger partial charge in [-0.15, -0.1) is 0 Å². The number of rotatable bonds is 5. The van der Waals surface area contributed by atoms with Crippen molar-refractivity contribution in [3.8, 4) is 5.69 Å². The lowest BCUT2D eigenvalue weighted by Gasteiger charge is -2.01. The van der Waals surface area contributed by atoms with Crippen LogP contribution >= 0.6 is 0 Å². The number of benzene rings is 1. The van der Waals surface area contributed by atoms with Gasteiger partial charge in [0.1, 0.15) is 5.82 Å². The Kier molecular flexibility index (Phi) is 4.07. The third-order valence-corrected chi connectivity index (χ3v) is 2.60. The molecule has 0 saturated carbocycles. The highest BCUT2D eigenvalue weighted by Crippen LogP contribution is 2.09. The lowest BCUT2D eigenvalue weighted by Crippen LogP contribution is -2.23. The van der Waals surface area contributed by atoms with Crippen LogP contribution in [0.3, 0.4) is 0 Å². The first kappa shape index (κ1) is 13.0. The molecule has 2 rings (SSSR count). The third-order valence-electron chi connectivity index (χ3n) is 2.60. The van der Waals surface area contributed by atoms with E-state index in [1.54, 1.807) is 23.0 Å². The van der Waals surface area contributed by atoms with Crippen molar-refractivity contribution in [3.63, 3.8) is 0 Å². The molecule has 98 valence electrons. The molecule has 1 aromatic carbocycles. The highest BCUT2D eigenvalue weighted by Gasteiger charge is 2.02. The first-order chi connectivity index (χ1) is 9.19. The van der Waals surface area contributed by atoms with Crippen LogP contribution in [0.4, 0.5) is 4.39 Å². The van der Waals surface area contributed by atoms with Crippen molar-refractivity contribution < 1.29 is 9.18 Å². The number of nitrogens with zero attached hydrogens (tertiary/aromatic N) is 2. The number of halogens is 1. The maximum Gasteiger partial charge on any atom is 0.243 e. The summed E-state index contributed by atoms with van der Waals surface area (Å²) in [6.07, 6.45) is 3.67. The van der Waals surface area contributed by atoms with Crippen LogP contribution in [0.5, 0.6) is 0 Å². The SMILES string of the molecule is C=CC(=O)NCCc1ccn(-c2ccc(F)cc2)n1. The van der Waals surface area contributed by atoms with Crippen LogP contribution < -0.4 is 5.32 Å². The van der Waals surface area contributed by atoms with Crippen molar-refractivity contribution in [1.82, 2.24) is 15.1 Å². The highest BCUT2D eigenvalue weighted by atomic mass is 19.1. The van der Waals surface area contributed by atoms with Gasteiger partial charge >= 0.3 is 0 Å². The first-order valence-corrected chi connectivity index (χ1v) is 5.90. The van der Waals surface area contributed by atoms with Crippen LogP contribution in [0.15, 0.2) is 49.2 Å². The van der Waals surface area contributed by atoms with E-state index in [2.05, 4.69) is 17.0 Å². The minimum absolute atomic E-state index is 0.196. The van der Waals surface area contributed by atoms with Crippen LogP contribution in [0, 0.1) is 5.82 Å². The minimum atomic E-state index is -0.275. The van der Waals surface area contributed by atoms with Gasteiger partial charge in [0, 0.05) is 19.2 Å². The molecule has 2 aromatic rings. The monoisotopic (exact) mass is 259 g/mol. The van der Waals surface area contributed by atoms with Gasteiger partial charge in [-0.1, -0.05) is 6.58 Å². The zero-order valence-electron chi connectivity index (χ0n) is 10.3. The molecular weight excluding hydrogens is 245 g/mol. The maximum absolute atomic E-state index is 12.8. The molecule has 0 radical (unpaired) electrons. The van der Waals surface area contributed by atoms with Gasteiger partial charge in [0.25, 0.3) is 0 Å². The summed E-state index contributed by atoms with van der Waals surface area (Å²) in [7, 11) is 0. The topological polar surface area (TPSA) is 46.9 Å². The molecule has 0 unspecified atom stereocenters. The number of nitrogens with one attached hydrogen (secondary N) is 1. The fourth-order valence-corrected chi connectivity index (χ4v) is 1.62. The molecule has 0 aliphatic heterocycles. The summed E-state index contributed by atoms with van der Waals surface area (Å²) in [5.74, 6) is -0.471. The molecule has 5 heteroatoms. The Morgan fingerprint density at radius 3 is 2.79 bits per heavy atom. The average Bonchev–Trinajstić information content (AvgIpc) is 2.88. The fraction of sp³-hybridized carbons (Fsp3) is 0.143. The molecule has 0 aliphatic carbocycles. The normalized spacial score (nSPS) is 10.2. The largest absolute Gasteiger partial charge is 0.352 e. The van der Waals surface area contributed by atoms with E-state index in [0.717, 1.165) is 11.4 Å². The van der Waals surface area contributed by atoms with Crippen molar-refractivity contribution in [1.29, 1.82) is 0 Å². The van der Waals surface area contributed by atoms with Crippen molar-refractivity contribution in [2.45, 2.75) is 6.42 Å². The summed E-state index contributed by atoms with van der Waals surface area (Å²) in [5, 5.41) is 7.03. The summed E-state index contributed by atoms with van der Waals surface area (Å²) in [4.78, 5) is 11.0. The highest BCUT2D eigenvalue weighted by molar-refractivity contribution is 5.86. The van der Waals surface area contributed by atoms with Gasteiger partial charge in [-0.05, 0) is 36.4 Å². The van der Waals surface area contributed by atoms with E-state index < -0.39 is 0 Å². The molecular formula is C14H14FN3O. The number of carbonyl (C=O) groups is 1. The Morgan fingerprint density at radius 2 is 2.11 bits per heavy atom. The molecule has 0 bridgehead atoms. The van der Waals surface area contributed by atoms with E-state index in [9.17, 15) is 9.18 Å². The number of amides is 1. The second kappa shape index (κ2) is 5.95. The van der Waals surface area contributed by atoms with Gasteiger partial charge in [-0.25, -0.2) is 9.07 Å². The summed E-state index contributed by atoms with van der Waals surface area (Å²) in [5.41, 5.74) is 1.65. The van der Waals surface area contributed by atoms with Crippen LogP contribution in [-0.4, -0.2) is 22.2 Å². The van der Waals surface area contributed by atoms with Crippen LogP contribution in [0.25, 0.3) is 5.69 Å². The number of aromatic nitrogens is 2. The standard InChI is InChI=1S/C14H14FN3O/c1-2-14(19)16-9-7-12-8-10-18(17-12)13-5-3-11(15)4-6-13/h2-6,8,10H,1,7,9H2,(H,16,19). The van der Waals surface area contributed by atoms with E-state index in [0.29, 0.717) is 13.0 Å². The Morgan fingerprint density at radius 1 is 1.37 bits per heavy atom. The Balaban J connectivity index is 1.97. The Hall–Kier alpha value is -2.43. The lowest BCUT2D eigenvalue weighted by atomic mass is 10.3. The summed E-state index contributed by atoms with van der Waals surface area (Å²) in [6, 6.07) is 7.96. The van der Waals surface area contributed by atoms with E-state index in [4.69, 9.17) is 0 Å². The number of carbonyl (C=O) groups excluding carboxylic acids is 1.